The molecule has 5 heteroatoms. The summed E-state index contributed by atoms with van der Waals surface area (Å²) in [7, 11) is 0. The fourth-order valence-corrected chi connectivity index (χ4v) is 0.507. The largest absolute Gasteiger partial charge is 0.457 e. The summed E-state index contributed by atoms with van der Waals surface area (Å²) in [6, 6.07) is 0. The average molecular weight is 190 g/mol. The minimum absolute atomic E-state index is 0.00574. The van der Waals surface area contributed by atoms with E-state index in [9.17, 15) is 4.79 Å². The van der Waals surface area contributed by atoms with E-state index in [-0.39, 0.29) is 25.4 Å². The quantitative estimate of drug-likeness (QED) is 0.333. The molecule has 0 saturated heterocycles. The summed E-state index contributed by atoms with van der Waals surface area (Å²) in [6.07, 6.45) is -1.20. The van der Waals surface area contributed by atoms with Crippen LogP contribution in [-0.4, -0.2) is 42.3 Å². The van der Waals surface area contributed by atoms with Crippen LogP contribution in [0, 0.1) is 0 Å². The number of aliphatic hydroxyl groups is 2. The monoisotopic (exact) mass is 190 g/mol. The molecule has 0 aromatic heterocycles. The van der Waals surface area contributed by atoms with Crippen molar-refractivity contribution in [3.05, 3.63) is 12.2 Å². The van der Waals surface area contributed by atoms with Crippen LogP contribution in [0.25, 0.3) is 0 Å². The van der Waals surface area contributed by atoms with Crippen molar-refractivity contribution in [3.63, 3.8) is 0 Å². The molecule has 0 aromatic carbocycles. The Labute approximate surface area is 76.6 Å². The highest BCUT2D eigenvalue weighted by molar-refractivity contribution is 5.86. The Morgan fingerprint density at radius 1 is 1.62 bits per heavy atom. The summed E-state index contributed by atoms with van der Waals surface area (Å²) in [5.74, 6) is -0.577. The van der Waals surface area contributed by atoms with Gasteiger partial charge in [-0.25, -0.2) is 4.79 Å². The van der Waals surface area contributed by atoms with E-state index in [1.807, 2.05) is 0 Å². The minimum Gasteiger partial charge on any atom is -0.457 e. The van der Waals surface area contributed by atoms with Crippen molar-refractivity contribution in [2.45, 2.75) is 13.2 Å². The smallest absolute Gasteiger partial charge is 0.333 e. The molecule has 0 radical (unpaired) electrons. The molecule has 0 amide bonds. The van der Waals surface area contributed by atoms with Gasteiger partial charge in [-0.15, -0.1) is 0 Å². The van der Waals surface area contributed by atoms with E-state index in [2.05, 4.69) is 16.1 Å². The van der Waals surface area contributed by atoms with Crippen molar-refractivity contribution in [3.8, 4) is 0 Å². The predicted octanol–water partition coefficient (Wildman–Crippen LogP) is -0.567. The van der Waals surface area contributed by atoms with Crippen molar-refractivity contribution in [2.75, 3.05) is 19.8 Å². The summed E-state index contributed by atoms with van der Waals surface area (Å²) >= 11 is 0. The molecule has 0 bridgehead atoms. The maximum atomic E-state index is 10.8. The first-order valence-electron chi connectivity index (χ1n) is 3.81. The van der Waals surface area contributed by atoms with Gasteiger partial charge in [0.1, 0.15) is 6.61 Å². The lowest BCUT2D eigenvalue weighted by Crippen LogP contribution is -2.23. The Balaban J connectivity index is 3.51. The van der Waals surface area contributed by atoms with E-state index in [0.29, 0.717) is 0 Å². The molecule has 0 rings (SSSR count). The van der Waals surface area contributed by atoms with Crippen LogP contribution in [0.2, 0.25) is 0 Å². The van der Waals surface area contributed by atoms with E-state index < -0.39 is 12.3 Å². The molecule has 0 spiro atoms. The number of aliphatic hydroxyl groups excluding tert-OH is 2. The summed E-state index contributed by atoms with van der Waals surface area (Å²) in [5, 5.41) is 17.3. The normalized spacial score (nSPS) is 12.2. The Morgan fingerprint density at radius 3 is 2.69 bits per heavy atom. The van der Waals surface area contributed by atoms with Crippen molar-refractivity contribution >= 4 is 5.97 Å². The summed E-state index contributed by atoms with van der Waals surface area (Å²) in [5.41, 5.74) is 0.259. The lowest BCUT2D eigenvalue weighted by molar-refractivity contribution is -0.163. The molecular formula is C8H14O5. The molecule has 0 saturated carbocycles. The maximum Gasteiger partial charge on any atom is 0.333 e. The van der Waals surface area contributed by atoms with E-state index in [4.69, 9.17) is 10.2 Å². The van der Waals surface area contributed by atoms with Gasteiger partial charge in [-0.05, 0) is 6.92 Å². The van der Waals surface area contributed by atoms with Gasteiger partial charge < -0.3 is 19.7 Å². The number of carbonyl (C=O) groups excluding carboxylic acids is 1. The van der Waals surface area contributed by atoms with Crippen LogP contribution in [0.4, 0.5) is 0 Å². The first-order valence-corrected chi connectivity index (χ1v) is 3.81. The van der Waals surface area contributed by atoms with E-state index in [1.54, 1.807) is 0 Å². The van der Waals surface area contributed by atoms with Crippen LogP contribution in [0.5, 0.6) is 0 Å². The van der Waals surface area contributed by atoms with Crippen molar-refractivity contribution in [2.24, 2.45) is 0 Å². The zero-order chi connectivity index (χ0) is 10.3. The highest BCUT2D eigenvalue weighted by Crippen LogP contribution is 1.94. The van der Waals surface area contributed by atoms with Gasteiger partial charge in [-0.2, -0.15) is 0 Å². The van der Waals surface area contributed by atoms with E-state index in [0.717, 1.165) is 0 Å². The third-order valence-electron chi connectivity index (χ3n) is 1.11. The third kappa shape index (κ3) is 6.27. The maximum absolute atomic E-state index is 10.8. The average Bonchev–Trinajstić information content (AvgIpc) is 2.10. The molecule has 0 fully saturated rings. The van der Waals surface area contributed by atoms with Crippen LogP contribution in [0.1, 0.15) is 6.92 Å². The van der Waals surface area contributed by atoms with Gasteiger partial charge in [0.05, 0.1) is 13.2 Å². The molecule has 0 aromatic rings. The van der Waals surface area contributed by atoms with Gasteiger partial charge in [0.15, 0.2) is 6.29 Å². The number of esters is 1. The highest BCUT2D eigenvalue weighted by atomic mass is 16.6. The van der Waals surface area contributed by atoms with E-state index in [1.165, 1.54) is 6.92 Å². The number of hydrogen-bond acceptors (Lipinski definition) is 5. The third-order valence-corrected chi connectivity index (χ3v) is 1.11. The van der Waals surface area contributed by atoms with Gasteiger partial charge in [0, 0.05) is 5.57 Å². The predicted molar refractivity (Wildman–Crippen MR) is 44.8 cm³/mol. The van der Waals surface area contributed by atoms with Crippen LogP contribution >= 0.6 is 0 Å². The molecule has 1 unspecified atom stereocenters. The lowest BCUT2D eigenvalue weighted by Gasteiger charge is -2.11. The number of ether oxygens (including phenoxy) is 2. The van der Waals surface area contributed by atoms with Gasteiger partial charge in [0.2, 0.25) is 0 Å². The summed E-state index contributed by atoms with van der Waals surface area (Å²) in [4.78, 5) is 10.8. The summed E-state index contributed by atoms with van der Waals surface area (Å²) in [6.45, 7) is 4.42. The molecule has 0 aliphatic carbocycles. The lowest BCUT2D eigenvalue weighted by atomic mass is 10.4. The first-order chi connectivity index (χ1) is 6.07. The molecule has 0 heterocycles. The second-order valence-corrected chi connectivity index (χ2v) is 2.43. The number of hydrogen-bond donors (Lipinski definition) is 2. The van der Waals surface area contributed by atoms with Gasteiger partial charge in [-0.1, -0.05) is 6.58 Å². The standard InChI is InChI=1S/C8H14O5/c1-6(2)8(11)13-5-7(10)12-4-3-9/h7,9-10H,1,3-5H2,2H3. The minimum atomic E-state index is -1.20. The number of carbonyl (C=O) groups is 1. The van der Waals surface area contributed by atoms with Crippen molar-refractivity contribution in [1.82, 2.24) is 0 Å². The Hall–Kier alpha value is -0.910. The van der Waals surface area contributed by atoms with E-state index >= 15 is 0 Å². The van der Waals surface area contributed by atoms with Crippen LogP contribution in [-0.2, 0) is 14.3 Å². The summed E-state index contributed by atoms with van der Waals surface area (Å²) < 4.78 is 9.19. The zero-order valence-corrected chi connectivity index (χ0v) is 7.52. The van der Waals surface area contributed by atoms with Gasteiger partial charge in [-0.3, -0.25) is 0 Å². The second-order valence-electron chi connectivity index (χ2n) is 2.43. The number of rotatable bonds is 6. The SMILES string of the molecule is C=C(C)C(=O)OCC(O)OCCO. The molecule has 5 nitrogen and oxygen atoms in total. The molecule has 0 aliphatic heterocycles. The molecule has 2 N–H and O–H groups in total. The fourth-order valence-electron chi connectivity index (χ4n) is 0.507. The highest BCUT2D eigenvalue weighted by Gasteiger charge is 2.08. The Bertz CT molecular complexity index is 177. The second kappa shape index (κ2) is 6.59. The zero-order valence-electron chi connectivity index (χ0n) is 7.52. The van der Waals surface area contributed by atoms with Crippen molar-refractivity contribution < 1.29 is 24.5 Å². The molecule has 0 aliphatic rings. The first kappa shape index (κ1) is 12.1. The Morgan fingerprint density at radius 2 is 2.23 bits per heavy atom. The molecule has 13 heavy (non-hydrogen) atoms. The fraction of sp³-hybridized carbons (Fsp3) is 0.625. The Kier molecular flexibility index (Phi) is 6.13. The molecule has 1 atom stereocenters. The topological polar surface area (TPSA) is 76.0 Å². The van der Waals surface area contributed by atoms with Crippen LogP contribution < -0.4 is 0 Å². The molecule has 76 valence electrons. The van der Waals surface area contributed by atoms with Gasteiger partial charge in [0.25, 0.3) is 0 Å². The van der Waals surface area contributed by atoms with Crippen LogP contribution in [0.15, 0.2) is 12.2 Å². The van der Waals surface area contributed by atoms with Crippen LogP contribution in [0.3, 0.4) is 0 Å². The molecular weight excluding hydrogens is 176 g/mol. The van der Waals surface area contributed by atoms with Crippen molar-refractivity contribution in [1.29, 1.82) is 0 Å². The van der Waals surface area contributed by atoms with Gasteiger partial charge >= 0.3 is 5.97 Å².